The number of urea groups is 2. The van der Waals surface area contributed by atoms with Gasteiger partial charge in [0.25, 0.3) is 0 Å². The molecule has 0 heterocycles. The molecule has 32 heavy (non-hydrogen) atoms. The molecule has 0 aromatic heterocycles. The summed E-state index contributed by atoms with van der Waals surface area (Å²) in [6.45, 7) is 13.6. The molecule has 0 saturated heterocycles. The lowest BCUT2D eigenvalue weighted by molar-refractivity contribution is 0.154. The van der Waals surface area contributed by atoms with Gasteiger partial charge in [-0.15, -0.1) is 0 Å². The maximum Gasteiger partial charge on any atom is 0.319 e. The fraction of sp³-hybridized carbons (Fsp3) is 0.692. The van der Waals surface area contributed by atoms with Crippen LogP contribution >= 0.6 is 0 Å². The number of benzene rings is 1. The number of hydrogen-bond donors (Lipinski definition) is 4. The first-order valence-electron chi connectivity index (χ1n) is 12.1. The quantitative estimate of drug-likeness (QED) is 0.437. The van der Waals surface area contributed by atoms with Crippen molar-refractivity contribution in [3.63, 3.8) is 0 Å². The van der Waals surface area contributed by atoms with Gasteiger partial charge in [0.2, 0.25) is 0 Å². The average Bonchev–Trinajstić information content (AvgIpc) is 2.57. The molecule has 1 aromatic carbocycles. The molecule has 2 fully saturated rings. The van der Waals surface area contributed by atoms with Crippen molar-refractivity contribution in [1.82, 2.24) is 10.6 Å². The predicted octanol–water partition coefficient (Wildman–Crippen LogP) is 6.36. The SMILES string of the molecule is C[C@@H]1C[C@@H](NC(=O)Nc2cccc(NC(=O)N[C@@H]3C[C@H](C)CC(C)(C)C3)c2)CC(C)(C)C1. The minimum absolute atomic E-state index is 0.183. The van der Waals surface area contributed by atoms with E-state index in [-0.39, 0.29) is 35.0 Å². The monoisotopic (exact) mass is 442 g/mol. The molecule has 4 amide bonds. The fourth-order valence-corrected chi connectivity index (χ4v) is 6.29. The van der Waals surface area contributed by atoms with Gasteiger partial charge in [0.15, 0.2) is 0 Å². The predicted molar refractivity (Wildman–Crippen MR) is 132 cm³/mol. The lowest BCUT2D eigenvalue weighted by atomic mass is 9.70. The van der Waals surface area contributed by atoms with Gasteiger partial charge in [0.05, 0.1) is 0 Å². The second-order valence-corrected chi connectivity index (χ2v) is 12.0. The Morgan fingerprint density at radius 2 is 1.16 bits per heavy atom. The van der Waals surface area contributed by atoms with Crippen molar-refractivity contribution in [3.05, 3.63) is 24.3 Å². The van der Waals surface area contributed by atoms with E-state index in [1.165, 1.54) is 12.8 Å². The fourth-order valence-electron chi connectivity index (χ4n) is 6.29. The molecule has 6 heteroatoms. The highest BCUT2D eigenvalue weighted by molar-refractivity contribution is 5.93. The van der Waals surface area contributed by atoms with Crippen molar-refractivity contribution in [2.24, 2.45) is 22.7 Å². The zero-order valence-electron chi connectivity index (χ0n) is 20.7. The van der Waals surface area contributed by atoms with Crippen molar-refractivity contribution in [1.29, 1.82) is 0 Å². The Labute approximate surface area is 193 Å². The molecule has 4 N–H and O–H groups in total. The van der Waals surface area contributed by atoms with Crippen LogP contribution in [-0.2, 0) is 0 Å². The van der Waals surface area contributed by atoms with E-state index in [1.54, 1.807) is 6.07 Å². The molecule has 2 aliphatic carbocycles. The van der Waals surface area contributed by atoms with Crippen LogP contribution in [0.15, 0.2) is 24.3 Å². The van der Waals surface area contributed by atoms with Crippen molar-refractivity contribution in [2.75, 3.05) is 10.6 Å². The zero-order valence-corrected chi connectivity index (χ0v) is 20.7. The van der Waals surface area contributed by atoms with Crippen LogP contribution < -0.4 is 21.3 Å². The molecular weight excluding hydrogens is 400 g/mol. The summed E-state index contributed by atoms with van der Waals surface area (Å²) >= 11 is 0. The summed E-state index contributed by atoms with van der Waals surface area (Å²) in [7, 11) is 0. The summed E-state index contributed by atoms with van der Waals surface area (Å²) < 4.78 is 0. The van der Waals surface area contributed by atoms with E-state index in [2.05, 4.69) is 62.8 Å². The normalized spacial score (nSPS) is 28.9. The number of anilines is 2. The summed E-state index contributed by atoms with van der Waals surface area (Å²) in [5, 5.41) is 12.1. The minimum atomic E-state index is -0.195. The molecular formula is C26H42N4O2. The Kier molecular flexibility index (Phi) is 7.41. The molecule has 4 atom stereocenters. The van der Waals surface area contributed by atoms with E-state index in [0.717, 1.165) is 25.7 Å². The van der Waals surface area contributed by atoms with Crippen molar-refractivity contribution in [2.45, 2.75) is 92.2 Å². The third kappa shape index (κ3) is 7.42. The topological polar surface area (TPSA) is 82.3 Å². The van der Waals surface area contributed by atoms with E-state index in [1.807, 2.05) is 18.2 Å². The van der Waals surface area contributed by atoms with Gasteiger partial charge in [0, 0.05) is 23.5 Å². The number of rotatable bonds is 4. The van der Waals surface area contributed by atoms with Gasteiger partial charge in [-0.25, -0.2) is 9.59 Å². The van der Waals surface area contributed by atoms with Gasteiger partial charge in [-0.1, -0.05) is 47.6 Å². The van der Waals surface area contributed by atoms with Crippen LogP contribution in [0.1, 0.15) is 80.1 Å². The number of hydrogen-bond acceptors (Lipinski definition) is 2. The highest BCUT2D eigenvalue weighted by Crippen LogP contribution is 2.39. The van der Waals surface area contributed by atoms with Crippen molar-refractivity contribution >= 4 is 23.4 Å². The Morgan fingerprint density at radius 1 is 0.750 bits per heavy atom. The number of carbonyl (C=O) groups is 2. The molecule has 178 valence electrons. The molecule has 0 unspecified atom stereocenters. The summed E-state index contributed by atoms with van der Waals surface area (Å²) in [6, 6.07) is 7.27. The standard InChI is InChI=1S/C26H42N4O2/c1-17-10-21(15-25(3,4)13-17)29-23(31)27-19-8-7-9-20(12-19)28-24(32)30-22-11-18(2)14-26(5,6)16-22/h7-9,12,17-18,21-22H,10-11,13-16H2,1-6H3,(H2,27,29,31)(H2,28,30,32)/t17-,18+,21-,22-/m1/s1. The summed E-state index contributed by atoms with van der Waals surface area (Å²) in [4.78, 5) is 25.1. The second kappa shape index (κ2) is 9.72. The van der Waals surface area contributed by atoms with Crippen molar-refractivity contribution in [3.8, 4) is 0 Å². The Bertz CT molecular complexity index is 757. The number of nitrogens with one attached hydrogen (secondary N) is 4. The third-order valence-corrected chi connectivity index (χ3v) is 6.82. The molecule has 2 aliphatic rings. The smallest absolute Gasteiger partial charge is 0.319 e. The maximum atomic E-state index is 12.6. The van der Waals surface area contributed by atoms with E-state index in [0.29, 0.717) is 23.2 Å². The maximum absolute atomic E-state index is 12.6. The van der Waals surface area contributed by atoms with Crippen LogP contribution in [0.3, 0.4) is 0 Å². The zero-order chi connectivity index (χ0) is 23.5. The lowest BCUT2D eigenvalue weighted by Crippen LogP contribution is -2.44. The van der Waals surface area contributed by atoms with Crippen LogP contribution in [0.25, 0.3) is 0 Å². The molecule has 0 spiro atoms. The van der Waals surface area contributed by atoms with Gasteiger partial charge in [-0.05, 0) is 79.4 Å². The first-order valence-corrected chi connectivity index (χ1v) is 12.1. The lowest BCUT2D eigenvalue weighted by Gasteiger charge is -2.39. The molecule has 1 aromatic rings. The first kappa shape index (κ1) is 24.4. The van der Waals surface area contributed by atoms with Crippen molar-refractivity contribution < 1.29 is 9.59 Å². The number of amides is 4. The summed E-state index contributed by atoms with van der Waals surface area (Å²) in [5.74, 6) is 1.21. The summed E-state index contributed by atoms with van der Waals surface area (Å²) in [5.41, 5.74) is 1.82. The van der Waals surface area contributed by atoms with Gasteiger partial charge in [-0.3, -0.25) is 0 Å². The molecule has 2 saturated carbocycles. The van der Waals surface area contributed by atoms with Gasteiger partial charge in [0.1, 0.15) is 0 Å². The minimum Gasteiger partial charge on any atom is -0.335 e. The summed E-state index contributed by atoms with van der Waals surface area (Å²) in [6.07, 6.45) is 6.39. The molecule has 0 aliphatic heterocycles. The molecule has 6 nitrogen and oxygen atoms in total. The first-order chi connectivity index (χ1) is 14.9. The van der Waals surface area contributed by atoms with E-state index in [9.17, 15) is 9.59 Å². The van der Waals surface area contributed by atoms with Gasteiger partial charge >= 0.3 is 12.1 Å². The highest BCUT2D eigenvalue weighted by Gasteiger charge is 2.33. The number of carbonyl (C=O) groups excluding carboxylic acids is 2. The largest absolute Gasteiger partial charge is 0.335 e. The van der Waals surface area contributed by atoms with Crippen LogP contribution in [0.2, 0.25) is 0 Å². The molecule has 0 bridgehead atoms. The van der Waals surface area contributed by atoms with E-state index >= 15 is 0 Å². The van der Waals surface area contributed by atoms with Gasteiger partial charge in [-0.2, -0.15) is 0 Å². The van der Waals surface area contributed by atoms with Crippen LogP contribution in [-0.4, -0.2) is 24.1 Å². The third-order valence-electron chi connectivity index (χ3n) is 6.82. The van der Waals surface area contributed by atoms with Crippen LogP contribution in [0.4, 0.5) is 21.0 Å². The van der Waals surface area contributed by atoms with Gasteiger partial charge < -0.3 is 21.3 Å². The van der Waals surface area contributed by atoms with E-state index < -0.39 is 0 Å². The Balaban J connectivity index is 1.51. The second-order valence-electron chi connectivity index (χ2n) is 12.0. The highest BCUT2D eigenvalue weighted by atomic mass is 16.2. The Morgan fingerprint density at radius 3 is 1.53 bits per heavy atom. The average molecular weight is 443 g/mol. The molecule has 0 radical (unpaired) electrons. The van der Waals surface area contributed by atoms with Crippen LogP contribution in [0, 0.1) is 22.7 Å². The van der Waals surface area contributed by atoms with Crippen LogP contribution in [0.5, 0.6) is 0 Å². The van der Waals surface area contributed by atoms with E-state index in [4.69, 9.17) is 0 Å². The Hall–Kier alpha value is -2.24. The molecule has 3 rings (SSSR count).